The van der Waals surface area contributed by atoms with E-state index in [1.54, 1.807) is 0 Å². The zero-order chi connectivity index (χ0) is 9.22. The maximum atomic E-state index is 10.2. The third-order valence-corrected chi connectivity index (χ3v) is 4.62. The summed E-state index contributed by atoms with van der Waals surface area (Å²) in [6.45, 7) is 4.44. The van der Waals surface area contributed by atoms with Gasteiger partial charge in [-0.1, -0.05) is 26.0 Å². The van der Waals surface area contributed by atoms with E-state index in [1.165, 1.54) is 12.8 Å². The van der Waals surface area contributed by atoms with Crippen LogP contribution in [0.3, 0.4) is 0 Å². The predicted molar refractivity (Wildman–Crippen MR) is 52.1 cm³/mol. The highest BCUT2D eigenvalue weighted by molar-refractivity contribution is 5.19. The van der Waals surface area contributed by atoms with E-state index in [1.807, 2.05) is 0 Å². The van der Waals surface area contributed by atoms with Gasteiger partial charge < -0.3 is 5.11 Å². The maximum absolute atomic E-state index is 10.2. The molecule has 0 radical (unpaired) electrons. The Balaban J connectivity index is 1.96. The Labute approximate surface area is 79.8 Å². The summed E-state index contributed by atoms with van der Waals surface area (Å²) in [5.41, 5.74) is 0.165. The molecular formula is C12H18O. The van der Waals surface area contributed by atoms with Crippen LogP contribution in [0.1, 0.15) is 26.7 Å². The van der Waals surface area contributed by atoms with Crippen molar-refractivity contribution < 1.29 is 5.11 Å². The molecule has 1 heteroatoms. The van der Waals surface area contributed by atoms with Gasteiger partial charge in [-0.15, -0.1) is 0 Å². The minimum atomic E-state index is -0.0579. The minimum Gasteiger partial charge on any atom is -0.392 e. The molecule has 0 aromatic carbocycles. The van der Waals surface area contributed by atoms with E-state index in [-0.39, 0.29) is 11.5 Å². The quantitative estimate of drug-likeness (QED) is 0.564. The van der Waals surface area contributed by atoms with Gasteiger partial charge in [-0.2, -0.15) is 0 Å². The topological polar surface area (TPSA) is 20.2 Å². The molecule has 0 heterocycles. The number of aliphatic hydroxyl groups excluding tert-OH is 1. The smallest absolute Gasteiger partial charge is 0.0627 e. The molecule has 72 valence electrons. The number of fused-ring (bicyclic) bond motifs is 5. The fourth-order valence-corrected chi connectivity index (χ4v) is 3.97. The van der Waals surface area contributed by atoms with Crippen LogP contribution in [0.15, 0.2) is 12.2 Å². The molecule has 3 aliphatic rings. The van der Waals surface area contributed by atoms with Crippen LogP contribution in [0.25, 0.3) is 0 Å². The lowest BCUT2D eigenvalue weighted by molar-refractivity contribution is 0.0345. The van der Waals surface area contributed by atoms with Gasteiger partial charge in [-0.05, 0) is 41.9 Å². The van der Waals surface area contributed by atoms with Crippen LogP contribution in [0.2, 0.25) is 0 Å². The highest BCUT2D eigenvalue weighted by Crippen LogP contribution is 2.60. The lowest BCUT2D eigenvalue weighted by atomic mass is 9.83. The summed E-state index contributed by atoms with van der Waals surface area (Å²) in [5.74, 6) is 2.88. The van der Waals surface area contributed by atoms with E-state index < -0.39 is 0 Å². The van der Waals surface area contributed by atoms with Gasteiger partial charge in [-0.25, -0.2) is 0 Å². The summed E-state index contributed by atoms with van der Waals surface area (Å²) in [6.07, 6.45) is 7.22. The van der Waals surface area contributed by atoms with E-state index in [4.69, 9.17) is 0 Å². The van der Waals surface area contributed by atoms with Crippen LogP contribution < -0.4 is 0 Å². The Morgan fingerprint density at radius 1 is 1.23 bits per heavy atom. The highest BCUT2D eigenvalue weighted by atomic mass is 16.3. The van der Waals surface area contributed by atoms with Crippen LogP contribution in [0.4, 0.5) is 0 Å². The van der Waals surface area contributed by atoms with E-state index >= 15 is 0 Å². The predicted octanol–water partition coefficient (Wildman–Crippen LogP) is 2.22. The lowest BCUT2D eigenvalue weighted by Gasteiger charge is -2.27. The third kappa shape index (κ3) is 0.864. The number of hydrogen-bond donors (Lipinski definition) is 1. The summed E-state index contributed by atoms with van der Waals surface area (Å²) in [6, 6.07) is 0. The van der Waals surface area contributed by atoms with Gasteiger partial charge in [0.15, 0.2) is 0 Å². The zero-order valence-electron chi connectivity index (χ0n) is 8.40. The molecule has 1 nitrogen and oxygen atoms in total. The molecule has 0 unspecified atom stereocenters. The zero-order valence-corrected chi connectivity index (χ0v) is 8.40. The fourth-order valence-electron chi connectivity index (χ4n) is 3.97. The van der Waals surface area contributed by atoms with Gasteiger partial charge in [0.05, 0.1) is 6.10 Å². The standard InChI is InChI=1S/C12H18O/c1-12(2)6-9-7-3-4-8(5-7)10(9)11(12)13/h3-4,7-11,13H,5-6H2,1-2H3/t7-,8+,9+,10-,11-/m1/s1. The van der Waals surface area contributed by atoms with Gasteiger partial charge >= 0.3 is 0 Å². The second kappa shape index (κ2) is 2.20. The average molecular weight is 178 g/mol. The number of hydrogen-bond acceptors (Lipinski definition) is 1. The molecule has 13 heavy (non-hydrogen) atoms. The molecule has 0 aromatic heterocycles. The summed E-state index contributed by atoms with van der Waals surface area (Å²) in [5, 5.41) is 10.2. The number of rotatable bonds is 0. The van der Waals surface area contributed by atoms with Crippen LogP contribution in [0, 0.1) is 29.1 Å². The Hall–Kier alpha value is -0.300. The summed E-state index contributed by atoms with van der Waals surface area (Å²) in [7, 11) is 0. The molecule has 1 N–H and O–H groups in total. The van der Waals surface area contributed by atoms with Gasteiger partial charge in [0.2, 0.25) is 0 Å². The van der Waals surface area contributed by atoms with Gasteiger partial charge in [0.25, 0.3) is 0 Å². The van der Waals surface area contributed by atoms with Crippen molar-refractivity contribution in [1.82, 2.24) is 0 Å². The van der Waals surface area contributed by atoms with E-state index in [2.05, 4.69) is 26.0 Å². The molecule has 3 aliphatic carbocycles. The molecule has 3 rings (SSSR count). The van der Waals surface area contributed by atoms with E-state index in [9.17, 15) is 5.11 Å². The average Bonchev–Trinajstić information content (AvgIpc) is 2.65. The Bertz CT molecular complexity index is 266. The number of allylic oxidation sites excluding steroid dienone is 2. The van der Waals surface area contributed by atoms with Crippen molar-refractivity contribution >= 4 is 0 Å². The molecule has 0 amide bonds. The Morgan fingerprint density at radius 3 is 2.62 bits per heavy atom. The van der Waals surface area contributed by atoms with Crippen molar-refractivity contribution in [3.63, 3.8) is 0 Å². The molecule has 0 saturated heterocycles. The van der Waals surface area contributed by atoms with Crippen molar-refractivity contribution in [2.75, 3.05) is 0 Å². The van der Waals surface area contributed by atoms with Crippen LogP contribution in [-0.4, -0.2) is 11.2 Å². The highest BCUT2D eigenvalue weighted by Gasteiger charge is 2.57. The second-order valence-electron chi connectivity index (χ2n) is 5.83. The van der Waals surface area contributed by atoms with Crippen molar-refractivity contribution in [3.05, 3.63) is 12.2 Å². The first kappa shape index (κ1) is 8.05. The molecule has 2 saturated carbocycles. The fraction of sp³-hybridized carbons (Fsp3) is 0.833. The Morgan fingerprint density at radius 2 is 1.92 bits per heavy atom. The monoisotopic (exact) mass is 178 g/mol. The largest absolute Gasteiger partial charge is 0.392 e. The number of aliphatic hydroxyl groups is 1. The first-order chi connectivity index (χ1) is 6.09. The first-order valence-electron chi connectivity index (χ1n) is 5.46. The molecule has 0 spiro atoms. The van der Waals surface area contributed by atoms with Gasteiger partial charge in [0.1, 0.15) is 0 Å². The molecule has 0 aromatic rings. The van der Waals surface area contributed by atoms with Gasteiger partial charge in [0, 0.05) is 0 Å². The van der Waals surface area contributed by atoms with Gasteiger partial charge in [-0.3, -0.25) is 0 Å². The maximum Gasteiger partial charge on any atom is 0.0627 e. The molecule has 2 bridgehead atoms. The van der Waals surface area contributed by atoms with Crippen molar-refractivity contribution in [3.8, 4) is 0 Å². The van der Waals surface area contributed by atoms with Crippen molar-refractivity contribution in [2.24, 2.45) is 29.1 Å². The normalized spacial score (nSPS) is 55.8. The summed E-state index contributed by atoms with van der Waals surface area (Å²) >= 11 is 0. The summed E-state index contributed by atoms with van der Waals surface area (Å²) < 4.78 is 0. The second-order valence-corrected chi connectivity index (χ2v) is 5.83. The van der Waals surface area contributed by atoms with E-state index in [0.29, 0.717) is 11.8 Å². The van der Waals surface area contributed by atoms with Crippen LogP contribution >= 0.6 is 0 Å². The summed E-state index contributed by atoms with van der Waals surface area (Å²) in [4.78, 5) is 0. The molecular weight excluding hydrogens is 160 g/mol. The van der Waals surface area contributed by atoms with Crippen molar-refractivity contribution in [2.45, 2.75) is 32.8 Å². The minimum absolute atomic E-state index is 0.0579. The molecule has 0 aliphatic heterocycles. The van der Waals surface area contributed by atoms with Crippen LogP contribution in [0.5, 0.6) is 0 Å². The van der Waals surface area contributed by atoms with Crippen LogP contribution in [-0.2, 0) is 0 Å². The molecule has 5 atom stereocenters. The lowest BCUT2D eigenvalue weighted by Crippen LogP contribution is -2.30. The Kier molecular flexibility index (Phi) is 1.36. The molecule has 2 fully saturated rings. The van der Waals surface area contributed by atoms with E-state index in [0.717, 1.165) is 11.8 Å². The van der Waals surface area contributed by atoms with Crippen molar-refractivity contribution in [1.29, 1.82) is 0 Å². The first-order valence-corrected chi connectivity index (χ1v) is 5.46. The third-order valence-electron chi connectivity index (χ3n) is 4.62. The SMILES string of the molecule is CC1(C)C[C@@H]2[C@H]([C@H]1O)[C@H]1C=C[C@@H]2C1.